The third-order valence-electron chi connectivity index (χ3n) is 8.72. The van der Waals surface area contributed by atoms with Gasteiger partial charge in [0.2, 0.25) is 17.7 Å². The Labute approximate surface area is 283 Å². The standard InChI is InChI=1S/C37H48N6O5/c1-5-25(2)33-37(47)41-32(21-27-12-16-31(48-4)17-13-27)36(46)40-26(3)34(44)39-19-6-7-20-43(24-29-9-8-18-38-22-29)23-28-10-14-30(15-11-28)35(45)42-33/h8-18,22,25-26,32-33H,5-7,19-21,23-24H2,1-4H3,(H,39,44)(H,40,46)(H,41,47)(H,42,45)/t25-,26+,32-,33?/m0/s1. The predicted octanol–water partition coefficient (Wildman–Crippen LogP) is 3.38. The number of methoxy groups -OCH3 is 1. The Morgan fingerprint density at radius 3 is 2.31 bits per heavy atom. The van der Waals surface area contributed by atoms with E-state index in [1.807, 2.05) is 56.4 Å². The van der Waals surface area contributed by atoms with E-state index in [1.165, 1.54) is 0 Å². The first-order valence-electron chi connectivity index (χ1n) is 16.7. The van der Waals surface area contributed by atoms with E-state index >= 15 is 0 Å². The van der Waals surface area contributed by atoms with Crippen LogP contribution in [0.15, 0.2) is 73.1 Å². The molecule has 11 heteroatoms. The molecule has 0 aliphatic carbocycles. The SMILES string of the molecule is CC[C@H](C)C1NC(=O)c2ccc(cc2)CN(Cc2cccnc2)CCCCNC(=O)[C@@H](C)NC(=O)[C@H](Cc2ccc(OC)cc2)NC1=O. The number of benzene rings is 2. The number of ether oxygens (including phenoxy) is 1. The Balaban J connectivity index is 1.59. The molecule has 2 aliphatic rings. The lowest BCUT2D eigenvalue weighted by Gasteiger charge is -2.27. The van der Waals surface area contributed by atoms with Crippen molar-refractivity contribution in [2.45, 2.75) is 77.7 Å². The minimum absolute atomic E-state index is 0.175. The molecule has 4 amide bonds. The molecule has 2 aliphatic heterocycles. The first kappa shape index (κ1) is 36.1. The zero-order valence-electron chi connectivity index (χ0n) is 28.3. The molecule has 0 radical (unpaired) electrons. The van der Waals surface area contributed by atoms with Gasteiger partial charge in [0.05, 0.1) is 7.11 Å². The van der Waals surface area contributed by atoms with Crippen LogP contribution in [0.25, 0.3) is 0 Å². The van der Waals surface area contributed by atoms with Gasteiger partial charge in [-0.3, -0.25) is 29.1 Å². The van der Waals surface area contributed by atoms with Crippen molar-refractivity contribution in [1.29, 1.82) is 0 Å². The summed E-state index contributed by atoms with van der Waals surface area (Å²) in [6.45, 7) is 8.07. The second-order valence-electron chi connectivity index (χ2n) is 12.4. The lowest BCUT2D eigenvalue weighted by Crippen LogP contribution is -2.58. The van der Waals surface area contributed by atoms with Gasteiger partial charge in [-0.25, -0.2) is 0 Å². The summed E-state index contributed by atoms with van der Waals surface area (Å²) < 4.78 is 5.26. The summed E-state index contributed by atoms with van der Waals surface area (Å²) >= 11 is 0. The molecule has 1 aromatic heterocycles. The Kier molecular flexibility index (Phi) is 13.5. The topological polar surface area (TPSA) is 142 Å². The van der Waals surface area contributed by atoms with E-state index in [4.69, 9.17) is 4.74 Å². The average Bonchev–Trinajstić information content (AvgIpc) is 3.10. The van der Waals surface area contributed by atoms with E-state index in [0.29, 0.717) is 37.4 Å². The van der Waals surface area contributed by atoms with Crippen molar-refractivity contribution < 1.29 is 23.9 Å². The molecule has 3 heterocycles. The molecular weight excluding hydrogens is 608 g/mol. The van der Waals surface area contributed by atoms with Crippen LogP contribution < -0.4 is 26.0 Å². The molecule has 256 valence electrons. The number of rotatable bonds is 7. The van der Waals surface area contributed by atoms with E-state index in [2.05, 4.69) is 31.2 Å². The normalized spacial score (nSPS) is 21.2. The first-order valence-corrected chi connectivity index (χ1v) is 16.7. The van der Waals surface area contributed by atoms with Crippen molar-refractivity contribution in [3.63, 3.8) is 0 Å². The highest BCUT2D eigenvalue weighted by atomic mass is 16.5. The van der Waals surface area contributed by atoms with Crippen LogP contribution in [0.1, 0.15) is 67.1 Å². The third-order valence-corrected chi connectivity index (χ3v) is 8.72. The fraction of sp³-hybridized carbons (Fsp3) is 0.432. The van der Waals surface area contributed by atoms with Gasteiger partial charge < -0.3 is 26.0 Å². The Hall–Kier alpha value is -4.77. The minimum atomic E-state index is -0.996. The molecule has 11 nitrogen and oxygen atoms in total. The quantitative estimate of drug-likeness (QED) is 0.286. The van der Waals surface area contributed by atoms with E-state index in [1.54, 1.807) is 44.5 Å². The Morgan fingerprint density at radius 1 is 0.896 bits per heavy atom. The highest BCUT2D eigenvalue weighted by Crippen LogP contribution is 2.16. The van der Waals surface area contributed by atoms with Gasteiger partial charge in [0.15, 0.2) is 0 Å². The molecule has 4 atom stereocenters. The van der Waals surface area contributed by atoms with Crippen LogP contribution in [0.5, 0.6) is 5.75 Å². The summed E-state index contributed by atoms with van der Waals surface area (Å²) in [4.78, 5) is 60.4. The largest absolute Gasteiger partial charge is 0.497 e. The zero-order chi connectivity index (χ0) is 34.5. The first-order chi connectivity index (χ1) is 23.2. The Morgan fingerprint density at radius 2 is 1.65 bits per heavy atom. The molecule has 0 fully saturated rings. The number of aromatic nitrogens is 1. The molecule has 0 saturated carbocycles. The molecule has 5 rings (SSSR count). The summed E-state index contributed by atoms with van der Waals surface area (Å²) in [5.41, 5.74) is 3.37. The summed E-state index contributed by atoms with van der Waals surface area (Å²) in [6.07, 6.45) is 6.00. The molecule has 1 unspecified atom stereocenters. The van der Waals surface area contributed by atoms with Crippen molar-refractivity contribution in [2.75, 3.05) is 20.2 Å². The third kappa shape index (κ3) is 10.6. The smallest absolute Gasteiger partial charge is 0.251 e. The predicted molar refractivity (Wildman–Crippen MR) is 184 cm³/mol. The number of hydrogen-bond donors (Lipinski definition) is 4. The molecular formula is C37H48N6O5. The number of carbonyl (C=O) groups excluding carboxylic acids is 4. The summed E-state index contributed by atoms with van der Waals surface area (Å²) in [7, 11) is 1.57. The maximum absolute atomic E-state index is 13.8. The number of nitrogens with zero attached hydrogens (tertiary/aromatic N) is 2. The lowest BCUT2D eigenvalue weighted by atomic mass is 9.96. The van der Waals surface area contributed by atoms with Crippen LogP contribution in [-0.2, 0) is 33.9 Å². The van der Waals surface area contributed by atoms with E-state index in [-0.39, 0.29) is 24.2 Å². The lowest BCUT2D eigenvalue weighted by molar-refractivity contribution is -0.132. The van der Waals surface area contributed by atoms with E-state index in [9.17, 15) is 19.2 Å². The fourth-order valence-electron chi connectivity index (χ4n) is 5.58. The van der Waals surface area contributed by atoms with Crippen LogP contribution in [0.4, 0.5) is 0 Å². The van der Waals surface area contributed by atoms with Crippen LogP contribution >= 0.6 is 0 Å². The highest BCUT2D eigenvalue weighted by Gasteiger charge is 2.31. The van der Waals surface area contributed by atoms with Crippen LogP contribution in [0.2, 0.25) is 0 Å². The number of nitrogens with one attached hydrogen (secondary N) is 4. The van der Waals surface area contributed by atoms with Crippen LogP contribution in [-0.4, -0.2) is 71.8 Å². The van der Waals surface area contributed by atoms with Crippen LogP contribution in [0, 0.1) is 5.92 Å². The van der Waals surface area contributed by atoms with Gasteiger partial charge in [-0.1, -0.05) is 50.6 Å². The maximum Gasteiger partial charge on any atom is 0.251 e. The van der Waals surface area contributed by atoms with Crippen molar-refractivity contribution in [1.82, 2.24) is 31.2 Å². The molecule has 0 spiro atoms. The molecule has 48 heavy (non-hydrogen) atoms. The molecule has 0 saturated heterocycles. The zero-order valence-corrected chi connectivity index (χ0v) is 28.3. The number of amides is 4. The van der Waals surface area contributed by atoms with E-state index in [0.717, 1.165) is 36.1 Å². The molecule has 3 aromatic rings. The minimum Gasteiger partial charge on any atom is -0.497 e. The van der Waals surface area contributed by atoms with Crippen molar-refractivity contribution in [2.24, 2.45) is 5.92 Å². The van der Waals surface area contributed by atoms with Gasteiger partial charge in [0.1, 0.15) is 23.9 Å². The van der Waals surface area contributed by atoms with Gasteiger partial charge in [0.25, 0.3) is 5.91 Å². The second kappa shape index (κ2) is 18.0. The number of fused-ring (bicyclic) bond motifs is 18. The number of hydrogen-bond acceptors (Lipinski definition) is 7. The second-order valence-corrected chi connectivity index (χ2v) is 12.4. The summed E-state index contributed by atoms with van der Waals surface area (Å²) in [5.74, 6) is -1.20. The van der Waals surface area contributed by atoms with Gasteiger partial charge in [-0.05, 0) is 79.3 Å². The fourth-order valence-corrected chi connectivity index (χ4v) is 5.58. The van der Waals surface area contributed by atoms with Crippen molar-refractivity contribution in [3.8, 4) is 5.75 Å². The van der Waals surface area contributed by atoms with Gasteiger partial charge in [-0.15, -0.1) is 0 Å². The van der Waals surface area contributed by atoms with Crippen LogP contribution in [0.3, 0.4) is 0 Å². The van der Waals surface area contributed by atoms with Gasteiger partial charge >= 0.3 is 0 Å². The maximum atomic E-state index is 13.8. The van der Waals surface area contributed by atoms with Gasteiger partial charge in [0, 0.05) is 44.0 Å². The van der Waals surface area contributed by atoms with E-state index < -0.39 is 29.9 Å². The van der Waals surface area contributed by atoms with Gasteiger partial charge in [-0.2, -0.15) is 0 Å². The number of carbonyl (C=O) groups is 4. The van der Waals surface area contributed by atoms with Crippen molar-refractivity contribution in [3.05, 3.63) is 95.3 Å². The summed E-state index contributed by atoms with van der Waals surface area (Å²) in [5, 5.41) is 11.5. The molecule has 4 N–H and O–H groups in total. The average molecular weight is 657 g/mol. The monoisotopic (exact) mass is 656 g/mol. The Bertz CT molecular complexity index is 1500. The molecule has 2 bridgehead atoms. The van der Waals surface area contributed by atoms with Crippen molar-refractivity contribution >= 4 is 23.6 Å². The molecule has 2 aromatic carbocycles. The number of pyridine rings is 1. The summed E-state index contributed by atoms with van der Waals surface area (Å²) in [6, 6.07) is 15.9. The highest BCUT2D eigenvalue weighted by molar-refractivity contribution is 5.99.